The van der Waals surface area contributed by atoms with Crippen LogP contribution in [0.2, 0.25) is 0 Å². The van der Waals surface area contributed by atoms with E-state index >= 15 is 0 Å². The number of hydrogen-bond donors (Lipinski definition) is 1. The smallest absolute Gasteiger partial charge is 0.229 e. The van der Waals surface area contributed by atoms with Crippen molar-refractivity contribution in [1.82, 2.24) is 4.72 Å². The fraction of sp³-hybridized carbons (Fsp3) is 0.571. The monoisotopic (exact) mass is 331 g/mol. The zero-order valence-corrected chi connectivity index (χ0v) is 14.1. The second kappa shape index (κ2) is 5.37. The van der Waals surface area contributed by atoms with E-state index in [0.717, 1.165) is 5.56 Å². The quantitative estimate of drug-likeness (QED) is 0.909. The Hall–Kier alpha value is -0.920. The van der Waals surface area contributed by atoms with Crippen molar-refractivity contribution in [1.29, 1.82) is 0 Å². The second-order valence-electron chi connectivity index (χ2n) is 6.50. The average molecular weight is 331 g/mol. The predicted molar refractivity (Wildman–Crippen MR) is 82.5 cm³/mol. The van der Waals surface area contributed by atoms with Gasteiger partial charge in [0.1, 0.15) is 0 Å². The number of rotatable bonds is 3. The first-order valence-electron chi connectivity index (χ1n) is 6.83. The highest BCUT2D eigenvalue weighted by Gasteiger charge is 2.31. The molecule has 7 heteroatoms. The van der Waals surface area contributed by atoms with Gasteiger partial charge in [-0.15, -0.1) is 0 Å². The summed E-state index contributed by atoms with van der Waals surface area (Å²) in [6.45, 7) is 6.16. The first kappa shape index (κ1) is 16.5. The van der Waals surface area contributed by atoms with Gasteiger partial charge in [-0.1, -0.05) is 32.9 Å². The number of benzene rings is 1. The van der Waals surface area contributed by atoms with Crippen LogP contribution in [0, 0.1) is 0 Å². The van der Waals surface area contributed by atoms with Crippen molar-refractivity contribution in [3.05, 3.63) is 29.8 Å². The van der Waals surface area contributed by atoms with E-state index in [4.69, 9.17) is 0 Å². The van der Waals surface area contributed by atoms with Crippen LogP contribution in [0.15, 0.2) is 29.2 Å². The van der Waals surface area contributed by atoms with Gasteiger partial charge in [0.2, 0.25) is 10.0 Å². The predicted octanol–water partition coefficient (Wildman–Crippen LogP) is 1.45. The van der Waals surface area contributed by atoms with Crippen LogP contribution in [0.1, 0.15) is 32.8 Å². The SMILES string of the molecule is CC(C)(C)c1ccc(S(=O)(=O)NC2CCS(=O)(=O)C2)cc1. The molecule has 1 unspecified atom stereocenters. The first-order valence-corrected chi connectivity index (χ1v) is 10.1. The van der Waals surface area contributed by atoms with Gasteiger partial charge in [-0.3, -0.25) is 0 Å². The third-order valence-electron chi connectivity index (χ3n) is 3.58. The molecule has 1 aliphatic heterocycles. The third kappa shape index (κ3) is 4.05. The van der Waals surface area contributed by atoms with Crippen molar-refractivity contribution in [3.8, 4) is 0 Å². The summed E-state index contributed by atoms with van der Waals surface area (Å²) in [5.74, 6) is -0.0740. The Labute approximate surface area is 126 Å². The molecule has 0 spiro atoms. The van der Waals surface area contributed by atoms with Crippen LogP contribution < -0.4 is 4.72 Å². The van der Waals surface area contributed by atoms with Gasteiger partial charge < -0.3 is 0 Å². The molecule has 0 radical (unpaired) electrons. The molecule has 1 aliphatic rings. The number of nitrogens with one attached hydrogen (secondary N) is 1. The van der Waals surface area contributed by atoms with E-state index in [0.29, 0.717) is 6.42 Å². The summed E-state index contributed by atoms with van der Waals surface area (Å²) in [4.78, 5) is 0.166. The molecule has 1 saturated heterocycles. The van der Waals surface area contributed by atoms with Crippen LogP contribution in [-0.4, -0.2) is 34.4 Å². The summed E-state index contributed by atoms with van der Waals surface area (Å²) in [5, 5.41) is 0. The highest BCUT2D eigenvalue weighted by molar-refractivity contribution is 7.92. The Morgan fingerprint density at radius 1 is 1.14 bits per heavy atom. The largest absolute Gasteiger partial charge is 0.240 e. The molecule has 1 aromatic rings. The van der Waals surface area contributed by atoms with Crippen molar-refractivity contribution in [2.75, 3.05) is 11.5 Å². The molecule has 1 heterocycles. The van der Waals surface area contributed by atoms with E-state index < -0.39 is 25.9 Å². The summed E-state index contributed by atoms with van der Waals surface area (Å²) >= 11 is 0. The van der Waals surface area contributed by atoms with Gasteiger partial charge in [0.25, 0.3) is 0 Å². The van der Waals surface area contributed by atoms with E-state index in [1.165, 1.54) is 0 Å². The lowest BCUT2D eigenvalue weighted by atomic mass is 9.87. The molecular formula is C14H21NO4S2. The zero-order chi connectivity index (χ0) is 15.9. The number of hydrogen-bond acceptors (Lipinski definition) is 4. The maximum Gasteiger partial charge on any atom is 0.240 e. The normalized spacial score (nSPS) is 22.3. The average Bonchev–Trinajstić information content (AvgIpc) is 2.67. The molecule has 0 amide bonds. The van der Waals surface area contributed by atoms with Crippen LogP contribution in [0.3, 0.4) is 0 Å². The lowest BCUT2D eigenvalue weighted by Crippen LogP contribution is -2.35. The third-order valence-corrected chi connectivity index (χ3v) is 6.89. The van der Waals surface area contributed by atoms with Crippen LogP contribution in [-0.2, 0) is 25.3 Å². The molecule has 5 nitrogen and oxygen atoms in total. The Kier molecular flexibility index (Phi) is 4.21. The minimum Gasteiger partial charge on any atom is -0.229 e. The fourth-order valence-electron chi connectivity index (χ4n) is 2.31. The van der Waals surface area contributed by atoms with Gasteiger partial charge in [-0.25, -0.2) is 21.6 Å². The van der Waals surface area contributed by atoms with Crippen LogP contribution in [0.25, 0.3) is 0 Å². The van der Waals surface area contributed by atoms with Crippen molar-refractivity contribution in [2.45, 2.75) is 43.5 Å². The van der Waals surface area contributed by atoms with E-state index in [1.807, 2.05) is 0 Å². The van der Waals surface area contributed by atoms with Crippen LogP contribution >= 0.6 is 0 Å². The molecule has 21 heavy (non-hydrogen) atoms. The first-order chi connectivity index (χ1) is 9.50. The van der Waals surface area contributed by atoms with E-state index in [-0.39, 0.29) is 21.8 Å². The molecule has 0 aliphatic carbocycles. The van der Waals surface area contributed by atoms with Gasteiger partial charge in [0, 0.05) is 6.04 Å². The highest BCUT2D eigenvalue weighted by Crippen LogP contribution is 2.23. The molecule has 118 valence electrons. The maximum absolute atomic E-state index is 12.3. The molecular weight excluding hydrogens is 310 g/mol. The fourth-order valence-corrected chi connectivity index (χ4v) is 5.36. The van der Waals surface area contributed by atoms with Crippen LogP contribution in [0.4, 0.5) is 0 Å². The zero-order valence-electron chi connectivity index (χ0n) is 12.5. The second-order valence-corrected chi connectivity index (χ2v) is 10.4. The van der Waals surface area contributed by atoms with Crippen molar-refractivity contribution in [3.63, 3.8) is 0 Å². The molecule has 1 atom stereocenters. The summed E-state index contributed by atoms with van der Waals surface area (Å²) in [7, 11) is -6.77. The molecule has 0 bridgehead atoms. The van der Waals surface area contributed by atoms with Crippen LogP contribution in [0.5, 0.6) is 0 Å². The molecule has 0 saturated carbocycles. The van der Waals surface area contributed by atoms with Gasteiger partial charge in [0.15, 0.2) is 9.84 Å². The van der Waals surface area contributed by atoms with Crippen molar-refractivity contribution >= 4 is 19.9 Å². The summed E-state index contributed by atoms with van der Waals surface area (Å²) < 4.78 is 49.8. The molecule has 1 aromatic carbocycles. The van der Waals surface area contributed by atoms with Gasteiger partial charge in [-0.2, -0.15) is 0 Å². The molecule has 1 fully saturated rings. The Bertz CT molecular complexity index is 713. The highest BCUT2D eigenvalue weighted by atomic mass is 32.2. The van der Waals surface area contributed by atoms with Crippen molar-refractivity contribution in [2.24, 2.45) is 0 Å². The Balaban J connectivity index is 2.17. The Morgan fingerprint density at radius 3 is 2.14 bits per heavy atom. The van der Waals surface area contributed by atoms with Gasteiger partial charge in [0.05, 0.1) is 16.4 Å². The summed E-state index contributed by atoms with van der Waals surface area (Å²) in [5.41, 5.74) is 1.000. The van der Waals surface area contributed by atoms with Crippen molar-refractivity contribution < 1.29 is 16.8 Å². The summed E-state index contributed by atoms with van der Waals surface area (Å²) in [6.07, 6.45) is 0.335. The van der Waals surface area contributed by atoms with Gasteiger partial charge in [-0.05, 0) is 29.5 Å². The lowest BCUT2D eigenvalue weighted by molar-refractivity contribution is 0.561. The molecule has 2 rings (SSSR count). The molecule has 1 N–H and O–H groups in total. The molecule has 0 aromatic heterocycles. The topological polar surface area (TPSA) is 80.3 Å². The Morgan fingerprint density at radius 2 is 1.71 bits per heavy atom. The minimum absolute atomic E-state index is 0.0448. The standard InChI is InChI=1S/C14H21NO4S2/c1-14(2,3)11-4-6-13(7-5-11)21(18,19)15-12-8-9-20(16,17)10-12/h4-7,12,15H,8-10H2,1-3H3. The maximum atomic E-state index is 12.3. The summed E-state index contributed by atoms with van der Waals surface area (Å²) in [6, 6.07) is 6.18. The lowest BCUT2D eigenvalue weighted by Gasteiger charge is -2.19. The van der Waals surface area contributed by atoms with Gasteiger partial charge >= 0.3 is 0 Å². The number of sulfonamides is 1. The van der Waals surface area contributed by atoms with E-state index in [1.54, 1.807) is 24.3 Å². The van der Waals surface area contributed by atoms with E-state index in [2.05, 4.69) is 25.5 Å². The van der Waals surface area contributed by atoms with E-state index in [9.17, 15) is 16.8 Å². The minimum atomic E-state index is -3.67. The number of sulfone groups is 1.